The number of halogens is 1. The number of aryl methyl sites for hydroxylation is 2. The highest BCUT2D eigenvalue weighted by atomic mass is 19.1. The zero-order chi connectivity index (χ0) is 17.4. The maximum absolute atomic E-state index is 13.5. The highest BCUT2D eigenvalue weighted by molar-refractivity contribution is 5.93. The molecule has 4 heteroatoms. The third-order valence-electron chi connectivity index (χ3n) is 4.08. The van der Waals surface area contributed by atoms with E-state index in [1.54, 1.807) is 12.1 Å². The SMILES string of the molecule is CCc1cccc(CC)c1NC(=O)CNCCc1ccccc1F. The molecule has 128 valence electrons. The van der Waals surface area contributed by atoms with E-state index in [0.29, 0.717) is 18.5 Å². The summed E-state index contributed by atoms with van der Waals surface area (Å²) in [5.74, 6) is -0.271. The van der Waals surface area contributed by atoms with Gasteiger partial charge in [0.05, 0.1) is 6.54 Å². The molecule has 0 saturated heterocycles. The fourth-order valence-corrected chi connectivity index (χ4v) is 2.71. The van der Waals surface area contributed by atoms with E-state index in [2.05, 4.69) is 24.5 Å². The van der Waals surface area contributed by atoms with Crippen LogP contribution in [0.3, 0.4) is 0 Å². The van der Waals surface area contributed by atoms with E-state index < -0.39 is 0 Å². The van der Waals surface area contributed by atoms with Gasteiger partial charge in [-0.2, -0.15) is 0 Å². The second-order valence-corrected chi connectivity index (χ2v) is 5.72. The molecule has 0 bridgehead atoms. The monoisotopic (exact) mass is 328 g/mol. The van der Waals surface area contributed by atoms with Crippen LogP contribution in [0, 0.1) is 5.82 Å². The van der Waals surface area contributed by atoms with Crippen LogP contribution in [0.1, 0.15) is 30.5 Å². The van der Waals surface area contributed by atoms with E-state index in [4.69, 9.17) is 0 Å². The molecule has 0 saturated carbocycles. The van der Waals surface area contributed by atoms with Crippen molar-refractivity contribution in [2.45, 2.75) is 33.1 Å². The van der Waals surface area contributed by atoms with Gasteiger partial charge in [-0.15, -0.1) is 0 Å². The molecule has 2 rings (SSSR count). The molecule has 0 aliphatic carbocycles. The van der Waals surface area contributed by atoms with E-state index in [9.17, 15) is 9.18 Å². The van der Waals surface area contributed by atoms with Gasteiger partial charge in [0, 0.05) is 5.69 Å². The quantitative estimate of drug-likeness (QED) is 0.725. The molecule has 2 N–H and O–H groups in total. The molecule has 0 fully saturated rings. The molecule has 0 aromatic heterocycles. The Morgan fingerprint density at radius 3 is 2.21 bits per heavy atom. The van der Waals surface area contributed by atoms with Crippen molar-refractivity contribution in [1.29, 1.82) is 0 Å². The summed E-state index contributed by atoms with van der Waals surface area (Å²) >= 11 is 0. The average Bonchev–Trinajstić information content (AvgIpc) is 2.60. The summed E-state index contributed by atoms with van der Waals surface area (Å²) in [5, 5.41) is 6.09. The number of nitrogens with one attached hydrogen (secondary N) is 2. The molecule has 3 nitrogen and oxygen atoms in total. The van der Waals surface area contributed by atoms with Crippen molar-refractivity contribution in [1.82, 2.24) is 5.32 Å². The van der Waals surface area contributed by atoms with E-state index in [1.807, 2.05) is 24.3 Å². The van der Waals surface area contributed by atoms with Gasteiger partial charge in [0.1, 0.15) is 5.82 Å². The van der Waals surface area contributed by atoms with Gasteiger partial charge in [-0.1, -0.05) is 50.2 Å². The standard InChI is InChI=1S/C20H25FN2O/c1-3-15-9-7-10-16(4-2)20(15)23-19(24)14-22-13-12-17-8-5-6-11-18(17)21/h5-11,22H,3-4,12-14H2,1-2H3,(H,23,24). The Labute approximate surface area is 143 Å². The summed E-state index contributed by atoms with van der Waals surface area (Å²) in [5.41, 5.74) is 3.89. The summed E-state index contributed by atoms with van der Waals surface area (Å²) in [4.78, 5) is 12.2. The molecule has 24 heavy (non-hydrogen) atoms. The van der Waals surface area contributed by atoms with E-state index in [-0.39, 0.29) is 18.3 Å². The number of rotatable bonds is 8. The molecule has 0 radical (unpaired) electrons. The van der Waals surface area contributed by atoms with Crippen molar-refractivity contribution < 1.29 is 9.18 Å². The first kappa shape index (κ1) is 18.1. The van der Waals surface area contributed by atoms with Crippen molar-refractivity contribution in [3.05, 3.63) is 65.0 Å². The number of amides is 1. The average molecular weight is 328 g/mol. The lowest BCUT2D eigenvalue weighted by Crippen LogP contribution is -2.30. The number of para-hydroxylation sites is 1. The van der Waals surface area contributed by atoms with Crippen molar-refractivity contribution in [3.8, 4) is 0 Å². The maximum atomic E-state index is 13.5. The summed E-state index contributed by atoms with van der Waals surface area (Å²) < 4.78 is 13.5. The molecule has 2 aromatic rings. The minimum absolute atomic E-state index is 0.0702. The third kappa shape index (κ3) is 4.90. The van der Waals surface area contributed by atoms with Crippen LogP contribution >= 0.6 is 0 Å². The molecule has 2 aromatic carbocycles. The summed E-state index contributed by atoms with van der Waals surface area (Å²) in [6.07, 6.45) is 2.32. The lowest BCUT2D eigenvalue weighted by molar-refractivity contribution is -0.115. The van der Waals surface area contributed by atoms with E-state index in [1.165, 1.54) is 6.07 Å². The molecule has 0 unspecified atom stereocenters. The number of carbonyl (C=O) groups is 1. The largest absolute Gasteiger partial charge is 0.324 e. The highest BCUT2D eigenvalue weighted by Crippen LogP contribution is 2.22. The van der Waals surface area contributed by atoms with Gasteiger partial charge in [-0.05, 0) is 48.6 Å². The van der Waals surface area contributed by atoms with Crippen molar-refractivity contribution in [2.75, 3.05) is 18.4 Å². The molecule has 0 atom stereocenters. The van der Waals surface area contributed by atoms with Gasteiger partial charge in [0.2, 0.25) is 5.91 Å². The van der Waals surface area contributed by atoms with Crippen LogP contribution < -0.4 is 10.6 Å². The minimum Gasteiger partial charge on any atom is -0.324 e. The fraction of sp³-hybridized carbons (Fsp3) is 0.350. The third-order valence-corrected chi connectivity index (χ3v) is 4.08. The van der Waals surface area contributed by atoms with Crippen LogP contribution in [-0.4, -0.2) is 19.0 Å². The van der Waals surface area contributed by atoms with Gasteiger partial charge in [-0.25, -0.2) is 4.39 Å². The number of anilines is 1. The van der Waals surface area contributed by atoms with Gasteiger partial charge in [0.25, 0.3) is 0 Å². The van der Waals surface area contributed by atoms with Gasteiger partial charge < -0.3 is 10.6 Å². The smallest absolute Gasteiger partial charge is 0.238 e. The van der Waals surface area contributed by atoms with Crippen LogP contribution in [0.4, 0.5) is 10.1 Å². The molecule has 0 spiro atoms. The van der Waals surface area contributed by atoms with E-state index in [0.717, 1.165) is 29.7 Å². The zero-order valence-electron chi connectivity index (χ0n) is 14.4. The lowest BCUT2D eigenvalue weighted by atomic mass is 10.0. The van der Waals surface area contributed by atoms with Crippen LogP contribution in [0.5, 0.6) is 0 Å². The molecule has 0 heterocycles. The number of benzene rings is 2. The topological polar surface area (TPSA) is 41.1 Å². The minimum atomic E-state index is -0.201. The first-order chi connectivity index (χ1) is 11.7. The predicted molar refractivity (Wildman–Crippen MR) is 96.8 cm³/mol. The Hall–Kier alpha value is -2.20. The normalized spacial score (nSPS) is 10.6. The van der Waals surface area contributed by atoms with Crippen molar-refractivity contribution >= 4 is 11.6 Å². The zero-order valence-corrected chi connectivity index (χ0v) is 14.4. The Kier molecular flexibility index (Phi) is 6.94. The Morgan fingerprint density at radius 2 is 1.58 bits per heavy atom. The Bertz CT molecular complexity index is 663. The maximum Gasteiger partial charge on any atom is 0.238 e. The molecule has 0 aliphatic heterocycles. The van der Waals surface area contributed by atoms with Gasteiger partial charge in [0.15, 0.2) is 0 Å². The molecule has 1 amide bonds. The summed E-state index contributed by atoms with van der Waals surface area (Å²) in [6, 6.07) is 12.8. The first-order valence-electron chi connectivity index (χ1n) is 8.50. The highest BCUT2D eigenvalue weighted by Gasteiger charge is 2.09. The number of carbonyl (C=O) groups excluding carboxylic acids is 1. The van der Waals surface area contributed by atoms with E-state index >= 15 is 0 Å². The van der Waals surface area contributed by atoms with Crippen LogP contribution in [-0.2, 0) is 24.1 Å². The van der Waals surface area contributed by atoms with Gasteiger partial charge in [-0.3, -0.25) is 4.79 Å². The van der Waals surface area contributed by atoms with Gasteiger partial charge >= 0.3 is 0 Å². The van der Waals surface area contributed by atoms with Crippen molar-refractivity contribution in [3.63, 3.8) is 0 Å². The molecular formula is C20H25FN2O. The first-order valence-corrected chi connectivity index (χ1v) is 8.50. The summed E-state index contributed by atoms with van der Waals surface area (Å²) in [7, 11) is 0. The van der Waals surface area contributed by atoms with Crippen molar-refractivity contribution in [2.24, 2.45) is 0 Å². The van der Waals surface area contributed by atoms with Crippen LogP contribution in [0.15, 0.2) is 42.5 Å². The Balaban J connectivity index is 1.85. The number of hydrogen-bond acceptors (Lipinski definition) is 2. The Morgan fingerprint density at radius 1 is 0.958 bits per heavy atom. The fourth-order valence-electron chi connectivity index (χ4n) is 2.71. The second-order valence-electron chi connectivity index (χ2n) is 5.72. The molecular weight excluding hydrogens is 303 g/mol. The molecule has 0 aliphatic rings. The predicted octanol–water partition coefficient (Wildman–Crippen LogP) is 3.72. The van der Waals surface area contributed by atoms with Crippen LogP contribution in [0.2, 0.25) is 0 Å². The summed E-state index contributed by atoms with van der Waals surface area (Å²) in [6.45, 7) is 4.94. The van der Waals surface area contributed by atoms with Crippen LogP contribution in [0.25, 0.3) is 0 Å². The number of hydrogen-bond donors (Lipinski definition) is 2. The second kappa shape index (κ2) is 9.18. The lowest BCUT2D eigenvalue weighted by Gasteiger charge is -2.14.